The van der Waals surface area contributed by atoms with Gasteiger partial charge in [-0.2, -0.15) is 0 Å². The van der Waals surface area contributed by atoms with Crippen molar-refractivity contribution in [2.24, 2.45) is 0 Å². The van der Waals surface area contributed by atoms with Crippen molar-refractivity contribution in [2.75, 3.05) is 12.3 Å². The van der Waals surface area contributed by atoms with E-state index in [0.717, 1.165) is 13.0 Å². The van der Waals surface area contributed by atoms with Crippen LogP contribution >= 0.6 is 0 Å². The van der Waals surface area contributed by atoms with E-state index in [0.29, 0.717) is 12.0 Å². The Labute approximate surface area is 101 Å². The van der Waals surface area contributed by atoms with Gasteiger partial charge in [-0.3, -0.25) is 0 Å². The van der Waals surface area contributed by atoms with E-state index in [1.807, 2.05) is 6.92 Å². The zero-order chi connectivity index (χ0) is 12.5. The summed E-state index contributed by atoms with van der Waals surface area (Å²) in [7, 11) is -3.45. The molecular weight excluding hydrogens is 241 g/mol. The van der Waals surface area contributed by atoms with Gasteiger partial charge in [-0.1, -0.05) is 19.1 Å². The fraction of sp³-hybridized carbons (Fsp3) is 0.500. The second kappa shape index (κ2) is 4.74. The largest absolute Gasteiger partial charge is 0.310 e. The van der Waals surface area contributed by atoms with E-state index >= 15 is 0 Å². The minimum absolute atomic E-state index is 0.0162. The fourth-order valence-electron chi connectivity index (χ4n) is 2.19. The van der Waals surface area contributed by atoms with Crippen LogP contribution in [0, 0.1) is 5.82 Å². The molecule has 94 valence electrons. The third-order valence-electron chi connectivity index (χ3n) is 3.00. The van der Waals surface area contributed by atoms with Crippen LogP contribution in [0.1, 0.15) is 31.4 Å². The molecule has 1 atom stereocenters. The lowest BCUT2D eigenvalue weighted by molar-refractivity contribution is 0.477. The van der Waals surface area contributed by atoms with Crippen molar-refractivity contribution in [2.45, 2.75) is 30.7 Å². The van der Waals surface area contributed by atoms with Crippen molar-refractivity contribution in [1.29, 1.82) is 0 Å². The maximum atomic E-state index is 13.7. The van der Waals surface area contributed by atoms with Gasteiger partial charge >= 0.3 is 0 Å². The molecule has 3 nitrogen and oxygen atoms in total. The Morgan fingerprint density at radius 3 is 2.94 bits per heavy atom. The molecule has 2 rings (SSSR count). The predicted molar refractivity (Wildman–Crippen MR) is 64.1 cm³/mol. The molecule has 0 spiro atoms. The van der Waals surface area contributed by atoms with E-state index in [4.69, 9.17) is 0 Å². The van der Waals surface area contributed by atoms with Crippen LogP contribution in [-0.2, 0) is 9.84 Å². The van der Waals surface area contributed by atoms with Gasteiger partial charge in [-0.15, -0.1) is 0 Å². The van der Waals surface area contributed by atoms with Gasteiger partial charge in [0, 0.05) is 6.04 Å². The maximum absolute atomic E-state index is 13.7. The molecule has 0 bridgehead atoms. The van der Waals surface area contributed by atoms with E-state index in [9.17, 15) is 12.8 Å². The van der Waals surface area contributed by atoms with Gasteiger partial charge in [-0.25, -0.2) is 12.8 Å². The topological polar surface area (TPSA) is 46.2 Å². The quantitative estimate of drug-likeness (QED) is 0.901. The van der Waals surface area contributed by atoms with Crippen molar-refractivity contribution < 1.29 is 12.8 Å². The van der Waals surface area contributed by atoms with Gasteiger partial charge in [0.05, 0.1) is 5.75 Å². The van der Waals surface area contributed by atoms with Crippen LogP contribution in [0.25, 0.3) is 0 Å². The van der Waals surface area contributed by atoms with Crippen LogP contribution in [0.4, 0.5) is 4.39 Å². The lowest BCUT2D eigenvalue weighted by Gasteiger charge is -2.26. The molecule has 0 amide bonds. The van der Waals surface area contributed by atoms with Crippen molar-refractivity contribution >= 4 is 9.84 Å². The van der Waals surface area contributed by atoms with E-state index in [-0.39, 0.29) is 16.7 Å². The number of halogens is 1. The van der Waals surface area contributed by atoms with Crippen molar-refractivity contribution in [1.82, 2.24) is 5.32 Å². The molecular formula is C12H16FNO2S. The van der Waals surface area contributed by atoms with Crippen LogP contribution in [-0.4, -0.2) is 20.7 Å². The molecule has 1 aliphatic rings. The normalized spacial score (nSPS) is 22.1. The Hall–Kier alpha value is -0.940. The molecule has 1 heterocycles. The maximum Gasteiger partial charge on any atom is 0.181 e. The van der Waals surface area contributed by atoms with Gasteiger partial charge < -0.3 is 5.32 Å². The Kier molecular flexibility index (Phi) is 3.49. The third kappa shape index (κ3) is 2.35. The minimum Gasteiger partial charge on any atom is -0.310 e. The second-order valence-corrected chi connectivity index (χ2v) is 6.32. The standard InChI is InChI=1S/C12H16FNO2S/c1-2-7-14-11-6-8-17(15,16)12-9(11)4-3-5-10(12)13/h3-5,11,14H,2,6-8H2,1H3. The molecule has 0 aromatic heterocycles. The summed E-state index contributed by atoms with van der Waals surface area (Å²) in [5, 5.41) is 3.26. The number of hydrogen-bond acceptors (Lipinski definition) is 3. The molecule has 0 radical (unpaired) electrons. The average molecular weight is 257 g/mol. The number of benzene rings is 1. The molecule has 0 saturated carbocycles. The summed E-state index contributed by atoms with van der Waals surface area (Å²) in [6.45, 7) is 2.85. The zero-order valence-electron chi connectivity index (χ0n) is 9.74. The summed E-state index contributed by atoms with van der Waals surface area (Å²) < 4.78 is 37.3. The fourth-order valence-corrected chi connectivity index (χ4v) is 3.87. The van der Waals surface area contributed by atoms with Crippen LogP contribution in [0.5, 0.6) is 0 Å². The molecule has 1 N–H and O–H groups in total. The molecule has 0 fully saturated rings. The second-order valence-electron chi connectivity index (χ2n) is 4.27. The monoisotopic (exact) mass is 257 g/mol. The molecule has 17 heavy (non-hydrogen) atoms. The molecule has 1 aromatic carbocycles. The summed E-state index contributed by atoms with van der Waals surface area (Å²) in [5.41, 5.74) is 0.574. The average Bonchev–Trinajstić information content (AvgIpc) is 2.28. The first-order valence-electron chi connectivity index (χ1n) is 5.81. The predicted octanol–water partition coefficient (Wildman–Crippen LogP) is 2.04. The van der Waals surface area contributed by atoms with Crippen molar-refractivity contribution in [3.63, 3.8) is 0 Å². The van der Waals surface area contributed by atoms with E-state index in [2.05, 4.69) is 5.32 Å². The van der Waals surface area contributed by atoms with Gasteiger partial charge in [-0.05, 0) is 31.0 Å². The Bertz CT molecular complexity index is 513. The summed E-state index contributed by atoms with van der Waals surface area (Å²) in [6.07, 6.45) is 1.48. The third-order valence-corrected chi connectivity index (χ3v) is 4.83. The molecule has 1 aliphatic heterocycles. The van der Waals surface area contributed by atoms with Gasteiger partial charge in [0.15, 0.2) is 9.84 Å². The zero-order valence-corrected chi connectivity index (χ0v) is 10.6. The van der Waals surface area contributed by atoms with Crippen LogP contribution in [0.15, 0.2) is 23.1 Å². The SMILES string of the molecule is CCCNC1CCS(=O)(=O)c2c(F)cccc21. The molecule has 1 aromatic rings. The van der Waals surface area contributed by atoms with E-state index in [1.54, 1.807) is 12.1 Å². The number of rotatable bonds is 3. The highest BCUT2D eigenvalue weighted by molar-refractivity contribution is 7.91. The number of fused-ring (bicyclic) bond motifs is 1. The smallest absolute Gasteiger partial charge is 0.181 e. The minimum atomic E-state index is -3.45. The van der Waals surface area contributed by atoms with Crippen LogP contribution < -0.4 is 5.32 Å². The van der Waals surface area contributed by atoms with Crippen molar-refractivity contribution in [3.8, 4) is 0 Å². The van der Waals surface area contributed by atoms with Crippen molar-refractivity contribution in [3.05, 3.63) is 29.6 Å². The van der Waals surface area contributed by atoms with Crippen LogP contribution in [0.3, 0.4) is 0 Å². The van der Waals surface area contributed by atoms with Gasteiger partial charge in [0.2, 0.25) is 0 Å². The van der Waals surface area contributed by atoms with E-state index in [1.165, 1.54) is 6.07 Å². The summed E-state index contributed by atoms with van der Waals surface area (Å²) in [5.74, 6) is -0.618. The number of sulfone groups is 1. The first kappa shape index (κ1) is 12.5. The van der Waals surface area contributed by atoms with E-state index < -0.39 is 15.7 Å². The Balaban J connectivity index is 2.45. The summed E-state index contributed by atoms with van der Waals surface area (Å²) in [6, 6.07) is 4.42. The summed E-state index contributed by atoms with van der Waals surface area (Å²) in [4.78, 5) is -0.111. The lowest BCUT2D eigenvalue weighted by atomic mass is 10.0. The van der Waals surface area contributed by atoms with Gasteiger partial charge in [0.1, 0.15) is 10.7 Å². The Morgan fingerprint density at radius 2 is 2.24 bits per heavy atom. The molecule has 5 heteroatoms. The number of hydrogen-bond donors (Lipinski definition) is 1. The first-order valence-corrected chi connectivity index (χ1v) is 7.46. The highest BCUT2D eigenvalue weighted by Gasteiger charge is 2.32. The first-order chi connectivity index (χ1) is 8.06. The van der Waals surface area contributed by atoms with Gasteiger partial charge in [0.25, 0.3) is 0 Å². The molecule has 1 unspecified atom stereocenters. The highest BCUT2D eigenvalue weighted by Crippen LogP contribution is 2.33. The Morgan fingerprint density at radius 1 is 1.47 bits per heavy atom. The summed E-state index contributed by atoms with van der Waals surface area (Å²) >= 11 is 0. The number of nitrogens with one attached hydrogen (secondary N) is 1. The molecule has 0 aliphatic carbocycles. The van der Waals surface area contributed by atoms with Crippen LogP contribution in [0.2, 0.25) is 0 Å². The lowest BCUT2D eigenvalue weighted by Crippen LogP contribution is -2.30. The highest BCUT2D eigenvalue weighted by atomic mass is 32.2. The molecule has 0 saturated heterocycles.